The van der Waals surface area contributed by atoms with E-state index in [1.54, 1.807) is 0 Å². The van der Waals surface area contributed by atoms with Gasteiger partial charge in [-0.3, -0.25) is 4.79 Å². The van der Waals surface area contributed by atoms with Gasteiger partial charge >= 0.3 is 23.9 Å². The van der Waals surface area contributed by atoms with Crippen LogP contribution in [0.15, 0.2) is 12.2 Å². The van der Waals surface area contributed by atoms with Gasteiger partial charge in [0.25, 0.3) is 0 Å². The number of esters is 2. The Balaban J connectivity index is 4.28. The van der Waals surface area contributed by atoms with E-state index in [4.69, 9.17) is 20.4 Å². The minimum absolute atomic E-state index is 0.437. The molecule has 0 radical (unpaired) electrons. The van der Waals surface area contributed by atoms with Crippen molar-refractivity contribution in [3.8, 4) is 0 Å². The van der Waals surface area contributed by atoms with Gasteiger partial charge in [-0.15, -0.1) is 0 Å². The van der Waals surface area contributed by atoms with Crippen LogP contribution in [0, 0.1) is 0 Å². The molecule has 0 aliphatic heterocycles. The van der Waals surface area contributed by atoms with Crippen LogP contribution in [0.25, 0.3) is 0 Å². The molecule has 0 amide bonds. The first-order valence-electron chi connectivity index (χ1n) is 4.43. The van der Waals surface area contributed by atoms with Crippen LogP contribution in [0.4, 0.5) is 0 Å². The van der Waals surface area contributed by atoms with E-state index < -0.39 is 35.9 Å². The van der Waals surface area contributed by atoms with Crippen molar-refractivity contribution in [2.45, 2.75) is 32.2 Å². The molecule has 0 aliphatic carbocycles. The van der Waals surface area contributed by atoms with Crippen molar-refractivity contribution >= 4 is 11.9 Å². The van der Waals surface area contributed by atoms with Gasteiger partial charge in [0.2, 0.25) is 0 Å². The van der Waals surface area contributed by atoms with Gasteiger partial charge in [-0.2, -0.15) is 0 Å². The van der Waals surface area contributed by atoms with E-state index in [0.717, 1.165) is 13.8 Å². The lowest BCUT2D eigenvalue weighted by molar-refractivity contribution is -0.309. The van der Waals surface area contributed by atoms with Crippen molar-refractivity contribution in [1.82, 2.24) is 0 Å². The third kappa shape index (κ3) is 8.34. The second-order valence-electron chi connectivity index (χ2n) is 3.51. The first-order valence-corrected chi connectivity index (χ1v) is 4.43. The molecule has 0 saturated carbocycles. The summed E-state index contributed by atoms with van der Waals surface area (Å²) in [6.07, 6.45) is -0.689. The van der Waals surface area contributed by atoms with E-state index in [-0.39, 0.29) is 0 Å². The molecule has 0 aromatic carbocycles. The molecule has 0 rings (SSSR count). The van der Waals surface area contributed by atoms with E-state index in [0.29, 0.717) is 0 Å². The molecule has 0 bridgehead atoms. The Hall–Kier alpha value is -1.48. The summed E-state index contributed by atoms with van der Waals surface area (Å²) in [5.41, 5.74) is -0.437. The summed E-state index contributed by atoms with van der Waals surface area (Å²) in [5, 5.41) is 34.9. The van der Waals surface area contributed by atoms with Crippen molar-refractivity contribution in [3.63, 3.8) is 0 Å². The zero-order valence-electron chi connectivity index (χ0n) is 9.34. The van der Waals surface area contributed by atoms with Gasteiger partial charge in [-0.05, 0) is 0 Å². The Labute approximate surface area is 96.7 Å². The van der Waals surface area contributed by atoms with Crippen molar-refractivity contribution < 1.29 is 39.5 Å². The van der Waals surface area contributed by atoms with E-state index >= 15 is 0 Å². The van der Waals surface area contributed by atoms with E-state index in [2.05, 4.69) is 16.1 Å². The summed E-state index contributed by atoms with van der Waals surface area (Å²) in [6.45, 7) is 4.73. The van der Waals surface area contributed by atoms with Crippen LogP contribution in [0.5, 0.6) is 0 Å². The highest BCUT2D eigenvalue weighted by Crippen LogP contribution is 2.10. The average molecular weight is 250 g/mol. The van der Waals surface area contributed by atoms with Crippen molar-refractivity contribution in [1.29, 1.82) is 0 Å². The molecule has 0 fully saturated rings. The van der Waals surface area contributed by atoms with Gasteiger partial charge in [-0.1, -0.05) is 6.58 Å². The largest absolute Gasteiger partial charge is 0.408 e. The van der Waals surface area contributed by atoms with Crippen LogP contribution in [0.1, 0.15) is 20.3 Å². The zero-order valence-corrected chi connectivity index (χ0v) is 9.34. The number of hydrogen-bond donors (Lipinski definition) is 4. The average Bonchev–Trinajstić information content (AvgIpc) is 1.95. The molecule has 0 saturated heterocycles. The maximum atomic E-state index is 11.1. The molecular formula is C9H14O8. The van der Waals surface area contributed by atoms with Crippen molar-refractivity contribution in [2.75, 3.05) is 0 Å². The quantitative estimate of drug-likeness (QED) is 0.259. The predicted molar refractivity (Wildman–Crippen MR) is 51.6 cm³/mol. The number of rotatable bonds is 5. The smallest absolute Gasteiger partial charge is 0.338 e. The van der Waals surface area contributed by atoms with E-state index in [1.165, 1.54) is 0 Å². The lowest BCUT2D eigenvalue weighted by atomic mass is 10.2. The molecule has 0 heterocycles. The molecule has 98 valence electrons. The first kappa shape index (κ1) is 15.5. The van der Waals surface area contributed by atoms with Gasteiger partial charge in [0.05, 0.1) is 6.42 Å². The number of carbonyl (C=O) groups excluding carboxylic acids is 2. The molecule has 8 nitrogen and oxygen atoms in total. The Bertz CT molecular complexity index is 319. The summed E-state index contributed by atoms with van der Waals surface area (Å²) in [6, 6.07) is 0. The molecule has 0 aliphatic rings. The predicted octanol–water partition coefficient (Wildman–Crippen LogP) is -1.66. The Kier molecular flexibility index (Phi) is 4.78. The van der Waals surface area contributed by atoms with E-state index in [9.17, 15) is 9.59 Å². The topological polar surface area (TPSA) is 134 Å². The molecule has 0 aromatic rings. The number of carbonyl (C=O) groups is 2. The van der Waals surface area contributed by atoms with Crippen molar-refractivity contribution in [2.24, 2.45) is 0 Å². The van der Waals surface area contributed by atoms with Crippen molar-refractivity contribution in [3.05, 3.63) is 12.2 Å². The lowest BCUT2D eigenvalue weighted by Crippen LogP contribution is -2.33. The minimum atomic E-state index is -2.69. The summed E-state index contributed by atoms with van der Waals surface area (Å²) >= 11 is 0. The molecule has 0 atom stereocenters. The third-order valence-corrected chi connectivity index (χ3v) is 1.24. The third-order valence-electron chi connectivity index (χ3n) is 1.24. The maximum absolute atomic E-state index is 11.1. The van der Waals surface area contributed by atoms with Crippen LogP contribution in [0.3, 0.4) is 0 Å². The maximum Gasteiger partial charge on any atom is 0.338 e. The van der Waals surface area contributed by atoms with Gasteiger partial charge in [-0.25, -0.2) is 4.79 Å². The van der Waals surface area contributed by atoms with Crippen LogP contribution >= 0.6 is 0 Å². The SMILES string of the molecule is C=C(CC(=O)OC(C)(O)O)C(=O)OC(C)(O)O. The zero-order chi connectivity index (χ0) is 13.9. The fraction of sp³-hybridized carbons (Fsp3) is 0.556. The highest BCUT2D eigenvalue weighted by Gasteiger charge is 2.26. The van der Waals surface area contributed by atoms with Crippen LogP contribution in [0.2, 0.25) is 0 Å². The Morgan fingerprint density at radius 1 is 1.06 bits per heavy atom. The summed E-state index contributed by atoms with van der Waals surface area (Å²) in [4.78, 5) is 22.1. The van der Waals surface area contributed by atoms with Gasteiger partial charge in [0.1, 0.15) is 0 Å². The fourth-order valence-electron chi connectivity index (χ4n) is 0.746. The molecule has 8 heteroatoms. The molecule has 17 heavy (non-hydrogen) atoms. The van der Waals surface area contributed by atoms with E-state index in [1.807, 2.05) is 0 Å². The monoisotopic (exact) mass is 250 g/mol. The normalized spacial score (nSPS) is 11.9. The van der Waals surface area contributed by atoms with Gasteiger partial charge in [0.15, 0.2) is 0 Å². The van der Waals surface area contributed by atoms with Gasteiger partial charge < -0.3 is 29.9 Å². The molecule has 0 unspecified atom stereocenters. The van der Waals surface area contributed by atoms with Crippen LogP contribution < -0.4 is 0 Å². The number of ether oxygens (including phenoxy) is 2. The minimum Gasteiger partial charge on any atom is -0.408 e. The Morgan fingerprint density at radius 3 is 1.82 bits per heavy atom. The van der Waals surface area contributed by atoms with Crippen LogP contribution in [-0.2, 0) is 19.1 Å². The second kappa shape index (κ2) is 5.23. The lowest BCUT2D eigenvalue weighted by Gasteiger charge is -2.18. The molecule has 0 spiro atoms. The number of hydrogen-bond acceptors (Lipinski definition) is 8. The Morgan fingerprint density at radius 2 is 1.47 bits per heavy atom. The van der Waals surface area contributed by atoms with Gasteiger partial charge in [0, 0.05) is 19.4 Å². The molecule has 0 aromatic heterocycles. The first-order chi connectivity index (χ1) is 7.41. The highest BCUT2D eigenvalue weighted by atomic mass is 16.8. The second-order valence-corrected chi connectivity index (χ2v) is 3.51. The molecule has 4 N–H and O–H groups in total. The summed E-state index contributed by atoms with van der Waals surface area (Å²) < 4.78 is 8.14. The molecular weight excluding hydrogens is 236 g/mol. The highest BCUT2D eigenvalue weighted by molar-refractivity contribution is 5.93. The van der Waals surface area contributed by atoms with Crippen LogP contribution in [-0.4, -0.2) is 44.3 Å². The number of aliphatic hydroxyl groups is 4. The standard InChI is InChI=1S/C9H14O8/c1-5(7(11)17-9(3,14)15)4-6(10)16-8(2,12)13/h12-15H,1,4H2,2-3H3. The summed E-state index contributed by atoms with van der Waals surface area (Å²) in [5.74, 6) is -7.72. The summed E-state index contributed by atoms with van der Waals surface area (Å²) in [7, 11) is 0. The fourth-order valence-corrected chi connectivity index (χ4v) is 0.746.